The normalized spacial score (nSPS) is 21.6. The highest BCUT2D eigenvalue weighted by molar-refractivity contribution is 7.12. The molecule has 152 valence electrons. The maximum absolute atomic E-state index is 12.9. The molecule has 1 aliphatic carbocycles. The van der Waals surface area contributed by atoms with E-state index in [0.717, 1.165) is 24.8 Å². The van der Waals surface area contributed by atoms with Gasteiger partial charge < -0.3 is 10.2 Å². The van der Waals surface area contributed by atoms with Crippen molar-refractivity contribution in [1.82, 2.24) is 10.2 Å². The molecule has 2 aromatic rings. The molecule has 1 aliphatic heterocycles. The zero-order valence-electron chi connectivity index (χ0n) is 16.6. The van der Waals surface area contributed by atoms with Gasteiger partial charge in [-0.25, -0.2) is 0 Å². The Kier molecular flexibility index (Phi) is 5.81. The number of ketones is 1. The zero-order chi connectivity index (χ0) is 20.4. The zero-order valence-corrected chi connectivity index (χ0v) is 17.4. The van der Waals surface area contributed by atoms with Crippen LogP contribution in [-0.2, 0) is 16.0 Å². The van der Waals surface area contributed by atoms with Gasteiger partial charge in [-0.3, -0.25) is 14.4 Å². The lowest BCUT2D eigenvalue weighted by molar-refractivity contribution is -0.133. The Balaban J connectivity index is 1.45. The van der Waals surface area contributed by atoms with Crippen molar-refractivity contribution in [3.8, 4) is 0 Å². The fraction of sp³-hybridized carbons (Fsp3) is 0.435. The monoisotopic (exact) mass is 410 g/mol. The Morgan fingerprint density at radius 2 is 1.90 bits per heavy atom. The van der Waals surface area contributed by atoms with Crippen molar-refractivity contribution < 1.29 is 14.4 Å². The molecule has 1 aromatic carbocycles. The van der Waals surface area contributed by atoms with E-state index in [9.17, 15) is 14.4 Å². The molecule has 2 heterocycles. The van der Waals surface area contributed by atoms with Crippen LogP contribution in [0.4, 0.5) is 0 Å². The van der Waals surface area contributed by atoms with Crippen molar-refractivity contribution in [2.45, 2.75) is 44.6 Å². The lowest BCUT2D eigenvalue weighted by Gasteiger charge is -2.39. The number of benzene rings is 1. The summed E-state index contributed by atoms with van der Waals surface area (Å²) in [6.45, 7) is 2.75. The Hall–Kier alpha value is -2.47. The molecule has 2 atom stereocenters. The van der Waals surface area contributed by atoms with Crippen molar-refractivity contribution in [3.63, 3.8) is 0 Å². The molecule has 1 aromatic heterocycles. The summed E-state index contributed by atoms with van der Waals surface area (Å²) in [6, 6.07) is 12.0. The fourth-order valence-corrected chi connectivity index (χ4v) is 4.82. The minimum atomic E-state index is -0.0709. The number of piperidine rings is 1. The van der Waals surface area contributed by atoms with Crippen LogP contribution in [0.15, 0.2) is 41.8 Å². The lowest BCUT2D eigenvalue weighted by Crippen LogP contribution is -2.53. The average molecular weight is 411 g/mol. The molecule has 4 rings (SSSR count). The number of thiophene rings is 1. The number of hydrogen-bond acceptors (Lipinski definition) is 4. The second-order valence-electron chi connectivity index (χ2n) is 8.09. The van der Waals surface area contributed by atoms with E-state index < -0.39 is 0 Å². The van der Waals surface area contributed by atoms with E-state index in [4.69, 9.17) is 0 Å². The molecular weight excluding hydrogens is 384 g/mol. The summed E-state index contributed by atoms with van der Waals surface area (Å²) in [6.07, 6.45) is 3.05. The van der Waals surface area contributed by atoms with Gasteiger partial charge in [-0.2, -0.15) is 0 Å². The van der Waals surface area contributed by atoms with E-state index >= 15 is 0 Å². The van der Waals surface area contributed by atoms with E-state index in [-0.39, 0.29) is 35.5 Å². The number of nitrogens with one attached hydrogen (secondary N) is 1. The molecule has 5 nitrogen and oxygen atoms in total. The molecule has 2 aliphatic rings. The third-order valence-electron chi connectivity index (χ3n) is 5.83. The summed E-state index contributed by atoms with van der Waals surface area (Å²) < 4.78 is 0. The summed E-state index contributed by atoms with van der Waals surface area (Å²) in [5.74, 6) is 0.561. The van der Waals surface area contributed by atoms with E-state index in [1.165, 1.54) is 16.9 Å². The quantitative estimate of drug-likeness (QED) is 0.742. The first-order valence-corrected chi connectivity index (χ1v) is 11.1. The summed E-state index contributed by atoms with van der Waals surface area (Å²) in [5, 5.41) is 5.11. The summed E-state index contributed by atoms with van der Waals surface area (Å²) >= 11 is 1.39. The number of carbonyl (C=O) groups is 3. The number of Topliss-reactive ketones (excluding diaryl/α,β-unsaturated/α-hetero) is 1. The molecule has 0 unspecified atom stereocenters. The minimum Gasteiger partial charge on any atom is -0.351 e. The van der Waals surface area contributed by atoms with E-state index in [0.29, 0.717) is 24.4 Å². The highest BCUT2D eigenvalue weighted by Gasteiger charge is 2.37. The topological polar surface area (TPSA) is 66.5 Å². The van der Waals surface area contributed by atoms with Crippen LogP contribution in [0, 0.1) is 5.92 Å². The van der Waals surface area contributed by atoms with E-state index in [1.807, 2.05) is 34.5 Å². The highest BCUT2D eigenvalue weighted by Crippen LogP contribution is 2.32. The first kappa shape index (κ1) is 19.8. The molecule has 29 heavy (non-hydrogen) atoms. The number of likely N-dealkylation sites (tertiary alicyclic amines) is 1. The molecule has 2 fully saturated rings. The van der Waals surface area contributed by atoms with Crippen LogP contribution in [0.5, 0.6) is 0 Å². The van der Waals surface area contributed by atoms with Gasteiger partial charge in [-0.05, 0) is 48.8 Å². The number of carbonyl (C=O) groups excluding carboxylic acids is 3. The van der Waals surface area contributed by atoms with Gasteiger partial charge in [-0.15, -0.1) is 11.3 Å². The third-order valence-corrected chi connectivity index (χ3v) is 6.90. The number of rotatable bonds is 6. The van der Waals surface area contributed by atoms with Crippen molar-refractivity contribution in [3.05, 3.63) is 57.8 Å². The molecule has 6 heteroatoms. The Morgan fingerprint density at radius 1 is 1.14 bits per heavy atom. The van der Waals surface area contributed by atoms with Gasteiger partial charge in [0.25, 0.3) is 0 Å². The fourth-order valence-electron chi connectivity index (χ4n) is 4.01. The molecule has 0 spiro atoms. The summed E-state index contributed by atoms with van der Waals surface area (Å²) in [7, 11) is 0. The first-order valence-electron chi connectivity index (χ1n) is 10.2. The highest BCUT2D eigenvalue weighted by atomic mass is 32.1. The minimum absolute atomic E-state index is 0.0280. The molecule has 1 N–H and O–H groups in total. The SMILES string of the molecule is CC(=O)c1cc(CC(=O)N2CC[C@@H](c3ccccc3)[C@@H](NC(=O)C3CC3)C2)cs1. The molecule has 2 amide bonds. The standard InChI is InChI=1S/C23H26N2O3S/c1-15(26)21-11-16(14-29-21)12-22(27)25-10-9-19(17-5-3-2-4-6-17)20(13-25)24-23(28)18-7-8-18/h2-6,11,14,18-20H,7-10,12-13H2,1H3,(H,24,28)/t19-,20-/m0/s1. The maximum atomic E-state index is 12.9. The van der Waals surface area contributed by atoms with Crippen molar-refractivity contribution in [2.75, 3.05) is 13.1 Å². The van der Waals surface area contributed by atoms with Gasteiger partial charge in [0.1, 0.15) is 0 Å². The molecule has 0 radical (unpaired) electrons. The maximum Gasteiger partial charge on any atom is 0.227 e. The predicted molar refractivity (Wildman–Crippen MR) is 113 cm³/mol. The summed E-state index contributed by atoms with van der Waals surface area (Å²) in [4.78, 5) is 39.4. The van der Waals surface area contributed by atoms with Crippen LogP contribution in [0.25, 0.3) is 0 Å². The van der Waals surface area contributed by atoms with Crippen LogP contribution in [-0.4, -0.2) is 41.6 Å². The smallest absolute Gasteiger partial charge is 0.227 e. The van der Waals surface area contributed by atoms with Crippen molar-refractivity contribution in [1.29, 1.82) is 0 Å². The van der Waals surface area contributed by atoms with Gasteiger partial charge >= 0.3 is 0 Å². The van der Waals surface area contributed by atoms with Crippen LogP contribution in [0.3, 0.4) is 0 Å². The van der Waals surface area contributed by atoms with Gasteiger partial charge in [0.2, 0.25) is 11.8 Å². The molecule has 1 saturated heterocycles. The van der Waals surface area contributed by atoms with Crippen molar-refractivity contribution in [2.24, 2.45) is 5.92 Å². The molecular formula is C23H26N2O3S. The van der Waals surface area contributed by atoms with E-state index in [2.05, 4.69) is 17.4 Å². The second kappa shape index (κ2) is 8.49. The van der Waals surface area contributed by atoms with Gasteiger partial charge in [0.05, 0.1) is 17.3 Å². The van der Waals surface area contributed by atoms with Gasteiger partial charge in [-0.1, -0.05) is 30.3 Å². The second-order valence-corrected chi connectivity index (χ2v) is 9.00. The Labute approximate surface area is 175 Å². The molecule has 0 bridgehead atoms. The number of nitrogens with zero attached hydrogens (tertiary/aromatic N) is 1. The van der Waals surface area contributed by atoms with Crippen LogP contribution >= 0.6 is 11.3 Å². The number of amides is 2. The largest absolute Gasteiger partial charge is 0.351 e. The van der Waals surface area contributed by atoms with Crippen LogP contribution < -0.4 is 5.32 Å². The number of hydrogen-bond donors (Lipinski definition) is 1. The van der Waals surface area contributed by atoms with Gasteiger partial charge in [0, 0.05) is 24.9 Å². The third kappa shape index (κ3) is 4.75. The Bertz CT molecular complexity index is 904. The van der Waals surface area contributed by atoms with Crippen molar-refractivity contribution >= 4 is 28.9 Å². The predicted octanol–water partition coefficient (Wildman–Crippen LogP) is 3.40. The summed E-state index contributed by atoms with van der Waals surface area (Å²) in [5.41, 5.74) is 2.10. The average Bonchev–Trinajstić information content (AvgIpc) is 3.47. The lowest BCUT2D eigenvalue weighted by atomic mass is 9.85. The van der Waals surface area contributed by atoms with Crippen LogP contribution in [0.1, 0.15) is 52.9 Å². The first-order chi connectivity index (χ1) is 14.0. The van der Waals surface area contributed by atoms with E-state index in [1.54, 1.807) is 6.92 Å². The Morgan fingerprint density at radius 3 is 2.55 bits per heavy atom. The van der Waals surface area contributed by atoms with Crippen LogP contribution in [0.2, 0.25) is 0 Å². The molecule has 1 saturated carbocycles. The van der Waals surface area contributed by atoms with Gasteiger partial charge in [0.15, 0.2) is 5.78 Å².